The van der Waals surface area contributed by atoms with Crippen molar-refractivity contribution >= 4 is 38.4 Å². The van der Waals surface area contributed by atoms with E-state index in [1.807, 2.05) is 36.4 Å². The number of anilines is 1. The van der Waals surface area contributed by atoms with Crippen molar-refractivity contribution in [2.75, 3.05) is 18.5 Å². The van der Waals surface area contributed by atoms with Crippen LogP contribution in [0.1, 0.15) is 6.92 Å². The molecule has 0 aliphatic carbocycles. The number of halogens is 1. The highest BCUT2D eigenvalue weighted by Crippen LogP contribution is 2.29. The van der Waals surface area contributed by atoms with Gasteiger partial charge in [0.15, 0.2) is 0 Å². The highest BCUT2D eigenvalue weighted by atomic mass is 79.9. The zero-order chi connectivity index (χ0) is 14.5. The second kappa shape index (κ2) is 6.57. The summed E-state index contributed by atoms with van der Waals surface area (Å²) >= 11 is 3.54. The Bertz CT molecular complexity index is 652. The third-order valence-corrected chi connectivity index (χ3v) is 3.62. The molecular formula is C16H16BrNO2. The first-order valence-corrected chi connectivity index (χ1v) is 7.18. The summed E-state index contributed by atoms with van der Waals surface area (Å²) in [5.41, 5.74) is 1.38. The largest absolute Gasteiger partial charge is 0.463 e. The van der Waals surface area contributed by atoms with Gasteiger partial charge in [-0.15, -0.1) is 0 Å². The molecule has 0 aliphatic heterocycles. The van der Waals surface area contributed by atoms with E-state index >= 15 is 0 Å². The normalized spacial score (nSPS) is 10.3. The van der Waals surface area contributed by atoms with Gasteiger partial charge in [0.25, 0.3) is 0 Å². The summed E-state index contributed by atoms with van der Waals surface area (Å²) in [4.78, 5) is 11.5. The number of ether oxygens (including phenoxy) is 1. The molecule has 0 aliphatic rings. The summed E-state index contributed by atoms with van der Waals surface area (Å²) < 4.78 is 5.96. The molecule has 2 rings (SSSR count). The first kappa shape index (κ1) is 14.6. The van der Waals surface area contributed by atoms with Gasteiger partial charge >= 0.3 is 5.97 Å². The molecule has 2 aromatic carbocycles. The van der Waals surface area contributed by atoms with Gasteiger partial charge in [-0.05, 0) is 24.4 Å². The van der Waals surface area contributed by atoms with Crippen LogP contribution in [0.4, 0.5) is 5.69 Å². The SMILES string of the molecule is C=C(CNc1ccc(Br)c2ccccc12)C(=O)OCC. The number of carbonyl (C=O) groups is 1. The van der Waals surface area contributed by atoms with E-state index in [0.717, 1.165) is 20.9 Å². The Hall–Kier alpha value is -1.81. The first-order chi connectivity index (χ1) is 9.63. The van der Waals surface area contributed by atoms with E-state index in [9.17, 15) is 4.79 Å². The Morgan fingerprint density at radius 2 is 1.95 bits per heavy atom. The molecule has 0 fully saturated rings. The van der Waals surface area contributed by atoms with Gasteiger partial charge in [-0.2, -0.15) is 0 Å². The molecule has 0 radical (unpaired) electrons. The maximum Gasteiger partial charge on any atom is 0.335 e. The predicted octanol–water partition coefficient (Wildman–Crippen LogP) is 4.13. The van der Waals surface area contributed by atoms with Gasteiger partial charge in [-0.25, -0.2) is 4.79 Å². The van der Waals surface area contributed by atoms with Gasteiger partial charge in [-0.3, -0.25) is 0 Å². The quantitative estimate of drug-likeness (QED) is 0.660. The number of nitrogens with one attached hydrogen (secondary N) is 1. The topological polar surface area (TPSA) is 38.3 Å². The second-order valence-electron chi connectivity index (χ2n) is 4.32. The molecule has 0 saturated carbocycles. The predicted molar refractivity (Wildman–Crippen MR) is 85.9 cm³/mol. The number of esters is 1. The number of benzene rings is 2. The summed E-state index contributed by atoms with van der Waals surface area (Å²) in [7, 11) is 0. The third kappa shape index (κ3) is 3.20. The van der Waals surface area contributed by atoms with Gasteiger partial charge in [0, 0.05) is 27.7 Å². The summed E-state index contributed by atoms with van der Waals surface area (Å²) in [5, 5.41) is 5.45. The van der Waals surface area contributed by atoms with Crippen molar-refractivity contribution in [3.8, 4) is 0 Å². The van der Waals surface area contributed by atoms with Crippen LogP contribution < -0.4 is 5.32 Å². The zero-order valence-corrected chi connectivity index (χ0v) is 12.9. The van der Waals surface area contributed by atoms with Crippen LogP contribution in [0.3, 0.4) is 0 Å². The number of rotatable bonds is 5. The molecule has 20 heavy (non-hydrogen) atoms. The molecule has 0 aromatic heterocycles. The van der Waals surface area contributed by atoms with Crippen LogP contribution in [0.2, 0.25) is 0 Å². The van der Waals surface area contributed by atoms with Crippen LogP contribution in [-0.2, 0) is 9.53 Å². The summed E-state index contributed by atoms with van der Waals surface area (Å²) in [6, 6.07) is 12.0. The zero-order valence-electron chi connectivity index (χ0n) is 11.3. The van der Waals surface area contributed by atoms with Crippen LogP contribution in [0.5, 0.6) is 0 Å². The molecule has 0 atom stereocenters. The number of carbonyl (C=O) groups excluding carboxylic acids is 1. The molecule has 0 spiro atoms. The Morgan fingerprint density at radius 3 is 2.65 bits per heavy atom. The minimum atomic E-state index is -0.360. The molecule has 2 aromatic rings. The average molecular weight is 334 g/mol. The summed E-state index contributed by atoms with van der Waals surface area (Å²) in [5.74, 6) is -0.360. The Morgan fingerprint density at radius 1 is 1.25 bits per heavy atom. The molecule has 4 heteroatoms. The maximum absolute atomic E-state index is 11.5. The van der Waals surface area contributed by atoms with E-state index in [2.05, 4.69) is 27.8 Å². The van der Waals surface area contributed by atoms with Gasteiger partial charge in [0.05, 0.1) is 6.61 Å². The van der Waals surface area contributed by atoms with Crippen LogP contribution >= 0.6 is 15.9 Å². The van der Waals surface area contributed by atoms with Crippen LogP contribution in [0.15, 0.2) is 53.0 Å². The fraction of sp³-hybridized carbons (Fsp3) is 0.188. The standard InChI is InChI=1S/C16H16BrNO2/c1-3-20-16(19)11(2)10-18-15-9-8-14(17)12-6-4-5-7-13(12)15/h4-9,18H,2-3,10H2,1H3. The molecular weight excluding hydrogens is 318 g/mol. The van der Waals surface area contributed by atoms with Crippen molar-refractivity contribution in [1.82, 2.24) is 0 Å². The van der Waals surface area contributed by atoms with Gasteiger partial charge < -0.3 is 10.1 Å². The summed E-state index contributed by atoms with van der Waals surface area (Å²) in [6.45, 7) is 6.24. The van der Waals surface area contributed by atoms with Gasteiger partial charge in [-0.1, -0.05) is 46.8 Å². The lowest BCUT2D eigenvalue weighted by Gasteiger charge is -2.12. The highest BCUT2D eigenvalue weighted by Gasteiger charge is 2.09. The lowest BCUT2D eigenvalue weighted by atomic mass is 10.1. The van der Waals surface area contributed by atoms with Crippen molar-refractivity contribution in [2.24, 2.45) is 0 Å². The third-order valence-electron chi connectivity index (χ3n) is 2.93. The Labute approximate surface area is 126 Å². The van der Waals surface area contributed by atoms with Crippen molar-refractivity contribution in [3.63, 3.8) is 0 Å². The number of hydrogen-bond donors (Lipinski definition) is 1. The number of hydrogen-bond acceptors (Lipinski definition) is 3. The van der Waals surface area contributed by atoms with Gasteiger partial charge in [0.1, 0.15) is 0 Å². The van der Waals surface area contributed by atoms with Crippen molar-refractivity contribution in [1.29, 1.82) is 0 Å². The molecule has 0 bridgehead atoms. The second-order valence-corrected chi connectivity index (χ2v) is 5.17. The van der Waals surface area contributed by atoms with Crippen LogP contribution in [0, 0.1) is 0 Å². The lowest BCUT2D eigenvalue weighted by molar-refractivity contribution is -0.138. The minimum Gasteiger partial charge on any atom is -0.463 e. The monoisotopic (exact) mass is 333 g/mol. The van der Waals surface area contributed by atoms with E-state index in [0.29, 0.717) is 18.7 Å². The van der Waals surface area contributed by atoms with Gasteiger partial charge in [0.2, 0.25) is 0 Å². The Balaban J connectivity index is 2.17. The molecule has 1 N–H and O–H groups in total. The van der Waals surface area contributed by atoms with Crippen LogP contribution in [-0.4, -0.2) is 19.1 Å². The van der Waals surface area contributed by atoms with E-state index in [1.165, 1.54) is 0 Å². The van der Waals surface area contributed by atoms with E-state index in [4.69, 9.17) is 4.74 Å². The summed E-state index contributed by atoms with van der Waals surface area (Å²) in [6.07, 6.45) is 0. The molecule has 0 unspecified atom stereocenters. The minimum absolute atomic E-state index is 0.360. The maximum atomic E-state index is 11.5. The number of fused-ring (bicyclic) bond motifs is 1. The van der Waals surface area contributed by atoms with Crippen molar-refractivity contribution < 1.29 is 9.53 Å². The van der Waals surface area contributed by atoms with Crippen molar-refractivity contribution in [3.05, 3.63) is 53.0 Å². The molecule has 0 amide bonds. The molecule has 0 heterocycles. The van der Waals surface area contributed by atoms with Crippen LogP contribution in [0.25, 0.3) is 10.8 Å². The Kier molecular flexibility index (Phi) is 4.79. The fourth-order valence-corrected chi connectivity index (χ4v) is 2.40. The van der Waals surface area contributed by atoms with Crippen molar-refractivity contribution in [2.45, 2.75) is 6.92 Å². The van der Waals surface area contributed by atoms with E-state index in [1.54, 1.807) is 6.92 Å². The van der Waals surface area contributed by atoms with E-state index in [-0.39, 0.29) is 5.97 Å². The smallest absolute Gasteiger partial charge is 0.335 e. The molecule has 104 valence electrons. The molecule has 0 saturated heterocycles. The average Bonchev–Trinajstić information content (AvgIpc) is 2.47. The van der Waals surface area contributed by atoms with E-state index < -0.39 is 0 Å². The lowest BCUT2D eigenvalue weighted by Crippen LogP contribution is -2.14. The fourth-order valence-electron chi connectivity index (χ4n) is 1.92. The highest BCUT2D eigenvalue weighted by molar-refractivity contribution is 9.10. The molecule has 3 nitrogen and oxygen atoms in total. The first-order valence-electron chi connectivity index (χ1n) is 6.39.